The van der Waals surface area contributed by atoms with E-state index in [1.807, 2.05) is 30.3 Å². The van der Waals surface area contributed by atoms with Crippen molar-refractivity contribution >= 4 is 11.6 Å². The largest absolute Gasteiger partial charge is 0.374 e. The highest BCUT2D eigenvalue weighted by Crippen LogP contribution is 2.31. The van der Waals surface area contributed by atoms with Gasteiger partial charge in [-0.25, -0.2) is 0 Å². The van der Waals surface area contributed by atoms with E-state index in [9.17, 15) is 4.79 Å². The number of amides is 1. The Morgan fingerprint density at radius 2 is 1.79 bits per heavy atom. The van der Waals surface area contributed by atoms with Crippen LogP contribution in [0.1, 0.15) is 53.2 Å². The quantitative estimate of drug-likeness (QED) is 0.855. The number of likely N-dealkylation sites (tertiary alicyclic amines) is 1. The molecule has 4 nitrogen and oxygen atoms in total. The maximum atomic E-state index is 12.6. The summed E-state index contributed by atoms with van der Waals surface area (Å²) in [7, 11) is 2.18. The van der Waals surface area contributed by atoms with Crippen LogP contribution in [0.2, 0.25) is 0 Å². The summed E-state index contributed by atoms with van der Waals surface area (Å²) < 4.78 is 0. The van der Waals surface area contributed by atoms with Gasteiger partial charge in [0.25, 0.3) is 5.91 Å². The summed E-state index contributed by atoms with van der Waals surface area (Å²) in [5.74, 6) is 0.0142. The number of nitrogens with zero attached hydrogens (tertiary/aromatic N) is 2. The Morgan fingerprint density at radius 1 is 1.00 bits per heavy atom. The first-order valence-corrected chi connectivity index (χ1v) is 10.6. The van der Waals surface area contributed by atoms with Gasteiger partial charge in [0.05, 0.1) is 6.04 Å². The van der Waals surface area contributed by atoms with E-state index in [0.29, 0.717) is 6.54 Å². The lowest BCUT2D eigenvalue weighted by Gasteiger charge is -2.36. The molecule has 0 unspecified atom stereocenters. The average molecular weight is 378 g/mol. The van der Waals surface area contributed by atoms with Gasteiger partial charge in [-0.15, -0.1) is 0 Å². The third-order valence-corrected chi connectivity index (χ3v) is 6.16. The number of nitrogens with one attached hydrogen (secondary N) is 1. The van der Waals surface area contributed by atoms with Crippen LogP contribution in [0.3, 0.4) is 0 Å². The molecule has 2 aliphatic heterocycles. The summed E-state index contributed by atoms with van der Waals surface area (Å²) >= 11 is 0. The van der Waals surface area contributed by atoms with Gasteiger partial charge in [-0.05, 0) is 68.1 Å². The fraction of sp³-hybridized carbons (Fsp3) is 0.458. The van der Waals surface area contributed by atoms with Crippen molar-refractivity contribution in [3.8, 4) is 0 Å². The zero-order valence-corrected chi connectivity index (χ0v) is 16.9. The van der Waals surface area contributed by atoms with Crippen molar-refractivity contribution in [3.05, 3.63) is 65.2 Å². The second kappa shape index (κ2) is 8.78. The molecule has 0 bridgehead atoms. The molecule has 0 aromatic heterocycles. The van der Waals surface area contributed by atoms with E-state index in [1.165, 1.54) is 42.5 Å². The first-order chi connectivity index (χ1) is 13.7. The van der Waals surface area contributed by atoms with E-state index >= 15 is 0 Å². The van der Waals surface area contributed by atoms with Crippen LogP contribution in [0.15, 0.2) is 48.5 Å². The van der Waals surface area contributed by atoms with E-state index in [4.69, 9.17) is 0 Å². The number of hydrogen-bond acceptors (Lipinski definition) is 3. The molecule has 4 rings (SSSR count). The monoisotopic (exact) mass is 377 g/mol. The van der Waals surface area contributed by atoms with Crippen molar-refractivity contribution in [2.75, 3.05) is 38.1 Å². The molecule has 0 spiro atoms. The Hall–Kier alpha value is -2.33. The van der Waals surface area contributed by atoms with E-state index in [1.54, 1.807) is 0 Å². The number of carbonyl (C=O) groups is 1. The van der Waals surface area contributed by atoms with Crippen LogP contribution in [-0.2, 0) is 6.42 Å². The van der Waals surface area contributed by atoms with Crippen molar-refractivity contribution in [2.24, 2.45) is 0 Å². The minimum Gasteiger partial charge on any atom is -0.374 e. The molecule has 4 heteroatoms. The van der Waals surface area contributed by atoms with Crippen LogP contribution in [0.5, 0.6) is 0 Å². The van der Waals surface area contributed by atoms with Gasteiger partial charge in [0.1, 0.15) is 0 Å². The molecule has 1 saturated heterocycles. The summed E-state index contributed by atoms with van der Waals surface area (Å²) in [5.41, 5.74) is 4.87. The molecule has 0 aliphatic carbocycles. The van der Waals surface area contributed by atoms with Crippen LogP contribution in [0.25, 0.3) is 0 Å². The molecule has 0 radical (unpaired) electrons. The molecule has 2 aromatic carbocycles. The van der Waals surface area contributed by atoms with Gasteiger partial charge in [-0.1, -0.05) is 36.8 Å². The number of piperidine rings is 1. The second-order valence-electron chi connectivity index (χ2n) is 8.10. The van der Waals surface area contributed by atoms with E-state index in [0.717, 1.165) is 31.6 Å². The maximum Gasteiger partial charge on any atom is 0.251 e. The van der Waals surface area contributed by atoms with Crippen molar-refractivity contribution < 1.29 is 4.79 Å². The fourth-order valence-corrected chi connectivity index (χ4v) is 4.58. The smallest absolute Gasteiger partial charge is 0.251 e. The standard InChI is InChI=1S/C24H31N3O/c1-26-14-8-11-20-17-21(12-13-22(20)26)23(27-15-6-3-7-16-27)18-25-24(28)19-9-4-2-5-10-19/h2,4-5,9-10,12-13,17,23H,3,6-8,11,14-16,18H2,1H3,(H,25,28)/t23-/m0/s1. The van der Waals surface area contributed by atoms with Gasteiger partial charge < -0.3 is 10.2 Å². The Morgan fingerprint density at radius 3 is 2.57 bits per heavy atom. The Labute approximate surface area is 168 Å². The number of fused-ring (bicyclic) bond motifs is 1. The molecule has 148 valence electrons. The molecule has 1 atom stereocenters. The Bertz CT molecular complexity index is 799. The van der Waals surface area contributed by atoms with Gasteiger partial charge in [0.15, 0.2) is 0 Å². The van der Waals surface area contributed by atoms with E-state index in [2.05, 4.69) is 40.4 Å². The number of aryl methyl sites for hydroxylation is 1. The van der Waals surface area contributed by atoms with Gasteiger partial charge in [-0.3, -0.25) is 9.69 Å². The lowest BCUT2D eigenvalue weighted by molar-refractivity contribution is 0.0924. The molecule has 1 amide bonds. The highest BCUT2D eigenvalue weighted by Gasteiger charge is 2.24. The number of rotatable bonds is 5. The Kier molecular flexibility index (Phi) is 5.96. The Balaban J connectivity index is 1.54. The maximum absolute atomic E-state index is 12.6. The molecular weight excluding hydrogens is 346 g/mol. The summed E-state index contributed by atoms with van der Waals surface area (Å²) in [4.78, 5) is 17.5. The predicted molar refractivity (Wildman–Crippen MR) is 115 cm³/mol. The van der Waals surface area contributed by atoms with Crippen molar-refractivity contribution in [1.29, 1.82) is 0 Å². The van der Waals surface area contributed by atoms with Crippen molar-refractivity contribution in [2.45, 2.75) is 38.1 Å². The van der Waals surface area contributed by atoms with Crippen molar-refractivity contribution in [3.63, 3.8) is 0 Å². The van der Waals surface area contributed by atoms with Crippen molar-refractivity contribution in [1.82, 2.24) is 10.2 Å². The summed E-state index contributed by atoms with van der Waals surface area (Å²) in [6, 6.07) is 16.7. The predicted octanol–water partition coefficient (Wildman–Crippen LogP) is 4.03. The van der Waals surface area contributed by atoms with E-state index < -0.39 is 0 Å². The molecule has 2 aliphatic rings. The minimum absolute atomic E-state index is 0.0142. The van der Waals surface area contributed by atoms with Crippen LogP contribution in [-0.4, -0.2) is 44.0 Å². The molecule has 28 heavy (non-hydrogen) atoms. The van der Waals surface area contributed by atoms with Crippen LogP contribution in [0.4, 0.5) is 5.69 Å². The lowest BCUT2D eigenvalue weighted by Crippen LogP contribution is -2.40. The van der Waals surface area contributed by atoms with Gasteiger partial charge in [-0.2, -0.15) is 0 Å². The zero-order valence-electron chi connectivity index (χ0n) is 16.9. The molecule has 2 aromatic rings. The minimum atomic E-state index is 0.0142. The van der Waals surface area contributed by atoms with Crippen LogP contribution >= 0.6 is 0 Å². The molecule has 2 heterocycles. The molecule has 1 fully saturated rings. The first kappa shape index (κ1) is 19.0. The van der Waals surface area contributed by atoms with Crippen LogP contribution < -0.4 is 10.2 Å². The zero-order chi connectivity index (χ0) is 19.3. The second-order valence-corrected chi connectivity index (χ2v) is 8.10. The topological polar surface area (TPSA) is 35.6 Å². The highest BCUT2D eigenvalue weighted by atomic mass is 16.1. The summed E-state index contributed by atoms with van der Waals surface area (Å²) in [5, 5.41) is 3.19. The number of anilines is 1. The summed E-state index contributed by atoms with van der Waals surface area (Å²) in [6.45, 7) is 4.02. The number of benzene rings is 2. The average Bonchev–Trinajstić information content (AvgIpc) is 2.75. The number of carbonyl (C=O) groups excluding carboxylic acids is 1. The van der Waals surface area contributed by atoms with Gasteiger partial charge in [0.2, 0.25) is 0 Å². The SMILES string of the molecule is CN1CCCc2cc([C@H](CNC(=O)c3ccccc3)N3CCCCC3)ccc21. The van der Waals surface area contributed by atoms with Gasteiger partial charge >= 0.3 is 0 Å². The number of hydrogen-bond donors (Lipinski definition) is 1. The lowest BCUT2D eigenvalue weighted by atomic mass is 9.95. The summed E-state index contributed by atoms with van der Waals surface area (Å²) in [6.07, 6.45) is 6.17. The normalized spacial score (nSPS) is 18.4. The van der Waals surface area contributed by atoms with Gasteiger partial charge in [0, 0.05) is 31.4 Å². The first-order valence-electron chi connectivity index (χ1n) is 10.6. The fourth-order valence-electron chi connectivity index (χ4n) is 4.58. The molecular formula is C24H31N3O. The van der Waals surface area contributed by atoms with Crippen LogP contribution in [0, 0.1) is 0 Å². The third kappa shape index (κ3) is 4.22. The molecule has 0 saturated carbocycles. The highest BCUT2D eigenvalue weighted by molar-refractivity contribution is 5.94. The van der Waals surface area contributed by atoms with E-state index in [-0.39, 0.29) is 11.9 Å². The molecule has 1 N–H and O–H groups in total. The third-order valence-electron chi connectivity index (χ3n) is 6.16.